The molecule has 23 nitrogen and oxygen atoms in total. The van der Waals surface area contributed by atoms with E-state index in [2.05, 4.69) is 45.0 Å². The summed E-state index contributed by atoms with van der Waals surface area (Å²) in [6.45, 7) is 41.1. The van der Waals surface area contributed by atoms with E-state index in [1.807, 2.05) is 210 Å². The Labute approximate surface area is 786 Å². The number of para-hydroxylation sites is 5. The Hall–Kier alpha value is -9.79. The van der Waals surface area contributed by atoms with Crippen LogP contribution in [0.3, 0.4) is 0 Å². The smallest absolute Gasteiger partial charge is 0.422 e. The van der Waals surface area contributed by atoms with Gasteiger partial charge in [0.15, 0.2) is 6.61 Å². The van der Waals surface area contributed by atoms with Crippen LogP contribution in [-0.2, 0) is 9.47 Å². The molecule has 14 rings (SSSR count). The molecule has 2 aliphatic rings. The summed E-state index contributed by atoms with van der Waals surface area (Å²) in [4.78, 5) is 30.5. The van der Waals surface area contributed by atoms with Gasteiger partial charge in [-0.1, -0.05) is 88.3 Å². The first-order chi connectivity index (χ1) is 61.2. The van der Waals surface area contributed by atoms with Gasteiger partial charge in [-0.25, -0.2) is 24.9 Å². The van der Waals surface area contributed by atoms with E-state index in [0.717, 1.165) is 83.7 Å². The lowest BCUT2D eigenvalue weighted by atomic mass is 10.1. The van der Waals surface area contributed by atoms with Gasteiger partial charge in [0.1, 0.15) is 106 Å². The van der Waals surface area contributed by atoms with Crippen molar-refractivity contribution in [2.75, 3.05) is 112 Å². The minimum absolute atomic E-state index is 0.0668. The molecule has 131 heavy (non-hydrogen) atoms. The zero-order chi connectivity index (χ0) is 96.2. The lowest BCUT2D eigenvalue weighted by Crippen LogP contribution is -2.51. The average molecular weight is 1920 g/mol. The van der Waals surface area contributed by atoms with Crippen LogP contribution in [0.1, 0.15) is 125 Å². The van der Waals surface area contributed by atoms with E-state index in [4.69, 9.17) is 120 Å². The number of anilines is 1. The van der Waals surface area contributed by atoms with Crippen molar-refractivity contribution >= 4 is 129 Å². The molecule has 6 aromatic heterocycles. The number of halogens is 11. The van der Waals surface area contributed by atoms with Gasteiger partial charge in [-0.2, -0.15) is 26.3 Å². The molecule has 2 N–H and O–H groups in total. The highest BCUT2D eigenvalue weighted by molar-refractivity contribution is 6.37. The van der Waals surface area contributed by atoms with Crippen molar-refractivity contribution in [2.24, 2.45) is 0 Å². The molecule has 710 valence electrons. The van der Waals surface area contributed by atoms with Gasteiger partial charge in [-0.05, 0) is 203 Å². The Morgan fingerprint density at radius 3 is 1.08 bits per heavy atom. The molecule has 0 aliphatic carbocycles. The topological polar surface area (TPSA) is 236 Å². The summed E-state index contributed by atoms with van der Waals surface area (Å²) in [6, 6.07) is 43.1. The molecule has 0 amide bonds. The number of pyridine rings is 6. The third kappa shape index (κ3) is 34.6. The molecule has 2 aliphatic heterocycles. The van der Waals surface area contributed by atoms with Crippen LogP contribution in [0.2, 0.25) is 25.1 Å². The van der Waals surface area contributed by atoms with Crippen molar-refractivity contribution in [1.82, 2.24) is 39.7 Å². The first kappa shape index (κ1) is 105. The SMILES string of the molecule is CC(C)(C)Oc1cc(NCC(F)(F)F)nc2c(Cl)cccc12.CC(C)(C)Oc1cc(OCC(F)(F)F)nc2c(Cl)cccc12.CC(C)(C)Oc1cc(OCCN2CC(O)C2)nc2c(Cl)cccc12.CC(C)(C)Oc1cc(OCCN2CCOCC2)nc2c(Cl)cccc12.COCCOc1cc(OC(C)(C)C)c2cccc(Cl)c2n1.COc1ccc2c(OC(C)(C)C)ccnc2c1. The number of aromatic nitrogens is 6. The zero-order valence-corrected chi connectivity index (χ0v) is 81.2. The van der Waals surface area contributed by atoms with E-state index in [0.29, 0.717) is 144 Å². The molecule has 8 heterocycles. The molecule has 34 heteroatoms. The predicted octanol–water partition coefficient (Wildman–Crippen LogP) is 24.5. The van der Waals surface area contributed by atoms with E-state index >= 15 is 0 Å². The number of likely N-dealkylation sites (tertiary alicyclic amines) is 1. The number of ether oxygens (including phenoxy) is 13. The number of aliphatic hydroxyl groups is 1. The maximum atomic E-state index is 12.4. The van der Waals surface area contributed by atoms with Gasteiger partial charge < -0.3 is 72.0 Å². The summed E-state index contributed by atoms with van der Waals surface area (Å²) in [6.07, 6.45) is -7.22. The number of hydrogen-bond donors (Lipinski definition) is 2. The zero-order valence-electron chi connectivity index (χ0n) is 77.4. The Morgan fingerprint density at radius 1 is 0.389 bits per heavy atom. The molecule has 0 radical (unpaired) electrons. The molecule has 0 unspecified atom stereocenters. The molecule has 0 bridgehead atoms. The Balaban J connectivity index is 0.000000178. The van der Waals surface area contributed by atoms with E-state index in [1.54, 1.807) is 68.9 Å². The van der Waals surface area contributed by atoms with Gasteiger partial charge >= 0.3 is 12.4 Å². The number of nitrogens with one attached hydrogen (secondary N) is 1. The number of hydrogen-bond acceptors (Lipinski definition) is 23. The monoisotopic (exact) mass is 1920 g/mol. The van der Waals surface area contributed by atoms with E-state index in [-0.39, 0.29) is 40.2 Å². The van der Waals surface area contributed by atoms with Crippen molar-refractivity contribution in [2.45, 2.75) is 177 Å². The number of benzene rings is 6. The normalized spacial score (nSPS) is 13.6. The van der Waals surface area contributed by atoms with Gasteiger partial charge in [0.2, 0.25) is 23.5 Å². The van der Waals surface area contributed by atoms with Crippen molar-refractivity contribution < 1.29 is 93.0 Å². The number of aliphatic hydroxyl groups excluding tert-OH is 1. The van der Waals surface area contributed by atoms with E-state index < -0.39 is 36.7 Å². The van der Waals surface area contributed by atoms with Gasteiger partial charge in [-0.3, -0.25) is 14.8 Å². The molecule has 0 saturated carbocycles. The molecule has 6 aromatic carbocycles. The Kier molecular flexibility index (Phi) is 36.6. The van der Waals surface area contributed by atoms with Crippen LogP contribution in [0, 0.1) is 0 Å². The summed E-state index contributed by atoms with van der Waals surface area (Å²) in [5.41, 5.74) is 1.45. The van der Waals surface area contributed by atoms with E-state index in [1.165, 1.54) is 12.1 Å². The van der Waals surface area contributed by atoms with Crippen LogP contribution in [0.25, 0.3) is 65.4 Å². The first-order valence-corrected chi connectivity index (χ1v) is 44.2. The largest absolute Gasteiger partial charge is 0.497 e. The molecule has 0 atom stereocenters. The summed E-state index contributed by atoms with van der Waals surface area (Å²) >= 11 is 31.0. The lowest BCUT2D eigenvalue weighted by Gasteiger charge is -2.35. The van der Waals surface area contributed by atoms with Gasteiger partial charge in [0, 0.05) is 121 Å². The van der Waals surface area contributed by atoms with Crippen molar-refractivity contribution in [3.8, 4) is 63.8 Å². The number of nitrogens with zero attached hydrogens (tertiary/aromatic N) is 8. The predicted molar refractivity (Wildman–Crippen MR) is 509 cm³/mol. The van der Waals surface area contributed by atoms with Crippen LogP contribution in [-0.4, -0.2) is 203 Å². The standard InChI is InChI=1S/C19H25ClN2O3.C18H23ClN2O3.C16H20ClNO3.C15H16ClF3N2O.C15H15ClF3NO2.C14H17NO2/c1-19(2,3)25-16-13-17(21-18-14(16)5-4-6-15(18)20)24-12-9-22-7-10-23-11-8-22;1-18(2,3)24-15-9-16(23-8-7-21-10-12(22)11-21)20-17-13(15)5-4-6-14(17)19;1-16(2,3)21-13-10-14(20-9-8-19-4)18-15-11(13)6-5-7-12(15)17;1-14(2,3)22-11-7-12(20-8-15(17,18)19)21-13-9(11)5-4-6-10(13)16;1-14(2,3)22-11-7-12(21-8-15(17,18)19)20-13-9(11)5-4-6-10(13)16;1-14(2,3)17-13-7-8-15-12-9-10(16-4)5-6-11(12)13/h4-6,13H,7-12H2,1-3H3;4-6,9,12,22H,7-8,10-11H2,1-3H3;5-7,10H,8-9H2,1-4H3;4-7H,8H2,1-3H3,(H,20,21);4-7H,8H2,1-3H3;5-9H,1-4H3. The molecule has 12 aromatic rings. The van der Waals surface area contributed by atoms with Crippen LogP contribution >= 0.6 is 58.0 Å². The number of fused-ring (bicyclic) bond motifs is 6. The fourth-order valence-electron chi connectivity index (χ4n) is 12.6. The summed E-state index contributed by atoms with van der Waals surface area (Å²) in [5.74, 6) is 6.02. The number of morpholine rings is 1. The van der Waals surface area contributed by atoms with Crippen LogP contribution in [0.15, 0.2) is 152 Å². The first-order valence-electron chi connectivity index (χ1n) is 42.4. The number of β-amino-alcohol motifs (C(OH)–C–C–N with tert-alkyl or cyclic N) is 1. The quantitative estimate of drug-likeness (QED) is 0.0447. The van der Waals surface area contributed by atoms with Crippen LogP contribution < -0.4 is 57.4 Å². The van der Waals surface area contributed by atoms with E-state index in [9.17, 15) is 31.4 Å². The van der Waals surface area contributed by atoms with Crippen molar-refractivity contribution in [3.63, 3.8) is 0 Å². The number of alkyl halides is 6. The maximum Gasteiger partial charge on any atom is 0.422 e. The highest BCUT2D eigenvalue weighted by atomic mass is 35.5. The fraction of sp³-hybridized carbons (Fsp3) is 0.443. The highest BCUT2D eigenvalue weighted by Crippen LogP contribution is 2.42. The third-order valence-electron chi connectivity index (χ3n) is 17.8. The Bertz CT molecular complexity index is 5660. The van der Waals surface area contributed by atoms with Gasteiger partial charge in [0.25, 0.3) is 0 Å². The molecule has 0 spiro atoms. The minimum atomic E-state index is -4.44. The second-order valence-electron chi connectivity index (χ2n) is 36.3. The number of methoxy groups -OCH3 is 2. The summed E-state index contributed by atoms with van der Waals surface area (Å²) in [7, 11) is 3.28. The van der Waals surface area contributed by atoms with Crippen LogP contribution in [0.5, 0.6) is 63.8 Å². The second-order valence-corrected chi connectivity index (χ2v) is 38.3. The number of rotatable bonds is 23. The molecule has 2 saturated heterocycles. The van der Waals surface area contributed by atoms with Gasteiger partial charge in [-0.15, -0.1) is 0 Å². The molecular weight excluding hydrogens is 1810 g/mol. The van der Waals surface area contributed by atoms with Gasteiger partial charge in [0.05, 0.1) is 91.2 Å². The summed E-state index contributed by atoms with van der Waals surface area (Å²) in [5, 5.41) is 18.9. The van der Waals surface area contributed by atoms with Crippen molar-refractivity contribution in [3.05, 3.63) is 177 Å². The molecular formula is C97H116Cl5F6N9O14. The fourth-order valence-corrected chi connectivity index (χ4v) is 13.7. The van der Waals surface area contributed by atoms with Crippen LogP contribution in [0.4, 0.5) is 32.2 Å². The van der Waals surface area contributed by atoms with Crippen molar-refractivity contribution in [1.29, 1.82) is 0 Å². The lowest BCUT2D eigenvalue weighted by molar-refractivity contribution is -0.154. The third-order valence-corrected chi connectivity index (χ3v) is 19.3. The average Bonchev–Trinajstić information content (AvgIpc) is 0.799. The summed E-state index contributed by atoms with van der Waals surface area (Å²) < 4.78 is 147. The Morgan fingerprint density at radius 2 is 0.733 bits per heavy atom. The highest BCUT2D eigenvalue weighted by Gasteiger charge is 2.32. The maximum absolute atomic E-state index is 12.4. The minimum Gasteiger partial charge on any atom is -0.497 e. The molecule has 2 fully saturated rings. The second kappa shape index (κ2) is 45.8.